The monoisotopic (exact) mass is 167 g/mol. The Bertz CT molecular complexity index is 300. The van der Waals surface area contributed by atoms with Gasteiger partial charge in [0.2, 0.25) is 0 Å². The summed E-state index contributed by atoms with van der Waals surface area (Å²) in [5.74, 6) is 5.15. The second-order valence-electron chi connectivity index (χ2n) is 2.20. The summed E-state index contributed by atoms with van der Waals surface area (Å²) in [4.78, 5) is 10.6. The number of phenolic OH excluding ortho intramolecular Hbond substituents is 1. The Morgan fingerprint density at radius 1 is 1.42 bits per heavy atom. The molecule has 0 fully saturated rings. The molecule has 5 heteroatoms. The fourth-order valence-corrected chi connectivity index (χ4v) is 0.787. The van der Waals surface area contributed by atoms with Crippen LogP contribution < -0.4 is 16.6 Å². The first-order valence-electron chi connectivity index (χ1n) is 3.25. The highest BCUT2D eigenvalue weighted by molar-refractivity contribution is 5.90. The van der Waals surface area contributed by atoms with E-state index in [1.165, 1.54) is 12.1 Å². The van der Waals surface area contributed by atoms with E-state index < -0.39 is 6.03 Å². The number of primary amides is 1. The predicted octanol–water partition coefficient (Wildman–Crippen LogP) is 0.151. The van der Waals surface area contributed by atoms with Crippen molar-refractivity contribution in [1.82, 2.24) is 0 Å². The van der Waals surface area contributed by atoms with Crippen LogP contribution in [0, 0.1) is 0 Å². The van der Waals surface area contributed by atoms with Gasteiger partial charge in [0.15, 0.2) is 0 Å². The van der Waals surface area contributed by atoms with Gasteiger partial charge in [0.05, 0.1) is 0 Å². The van der Waals surface area contributed by atoms with E-state index in [9.17, 15) is 9.90 Å². The third-order valence-corrected chi connectivity index (χ3v) is 1.38. The lowest BCUT2D eigenvalue weighted by atomic mass is 10.3. The minimum atomic E-state index is -0.823. The van der Waals surface area contributed by atoms with Crippen LogP contribution in [-0.2, 0) is 0 Å². The summed E-state index contributed by atoms with van der Waals surface area (Å²) in [6, 6.07) is 5.33. The van der Waals surface area contributed by atoms with Crippen molar-refractivity contribution in [3.8, 4) is 5.75 Å². The Labute approximate surface area is 69.2 Å². The largest absolute Gasteiger partial charge is 0.506 e. The van der Waals surface area contributed by atoms with E-state index in [-0.39, 0.29) is 11.4 Å². The third kappa shape index (κ3) is 1.46. The molecule has 0 aromatic heterocycles. The maximum absolute atomic E-state index is 10.6. The summed E-state index contributed by atoms with van der Waals surface area (Å²) in [5, 5.41) is 9.88. The number of carbonyl (C=O) groups excluding carboxylic acids is 1. The standard InChI is InChI=1S/C7H9N3O2/c8-7(12)10(9)5-3-1-2-4-6(5)11/h1-4,11H,9H2,(H2,8,12). The Morgan fingerprint density at radius 3 is 2.50 bits per heavy atom. The molecule has 0 unspecified atom stereocenters. The molecular formula is C7H9N3O2. The Kier molecular flexibility index (Phi) is 2.16. The number of rotatable bonds is 1. The van der Waals surface area contributed by atoms with Crippen LogP contribution in [0.15, 0.2) is 24.3 Å². The molecule has 0 aliphatic carbocycles. The second-order valence-corrected chi connectivity index (χ2v) is 2.20. The summed E-state index contributed by atoms with van der Waals surface area (Å²) in [6.07, 6.45) is 0. The summed E-state index contributed by atoms with van der Waals surface area (Å²) in [5.41, 5.74) is 5.07. The molecule has 64 valence electrons. The molecule has 5 nitrogen and oxygen atoms in total. The van der Waals surface area contributed by atoms with Crippen LogP contribution in [0.25, 0.3) is 0 Å². The first-order valence-corrected chi connectivity index (χ1v) is 3.25. The maximum atomic E-state index is 10.6. The van der Waals surface area contributed by atoms with E-state index in [0.29, 0.717) is 5.01 Å². The molecule has 2 amide bonds. The van der Waals surface area contributed by atoms with Gasteiger partial charge in [-0.1, -0.05) is 12.1 Å². The molecule has 0 aliphatic rings. The lowest BCUT2D eigenvalue weighted by Crippen LogP contribution is -2.41. The average molecular weight is 167 g/mol. The van der Waals surface area contributed by atoms with E-state index in [1.54, 1.807) is 12.1 Å². The zero-order valence-electron chi connectivity index (χ0n) is 6.27. The van der Waals surface area contributed by atoms with Crippen LogP contribution in [0.1, 0.15) is 0 Å². The highest BCUT2D eigenvalue weighted by atomic mass is 16.3. The molecule has 1 aromatic carbocycles. The lowest BCUT2D eigenvalue weighted by molar-refractivity contribution is 0.254. The summed E-state index contributed by atoms with van der Waals surface area (Å²) in [7, 11) is 0. The van der Waals surface area contributed by atoms with Crippen molar-refractivity contribution in [2.75, 3.05) is 5.01 Å². The van der Waals surface area contributed by atoms with Crippen LogP contribution in [-0.4, -0.2) is 11.1 Å². The zero-order valence-corrected chi connectivity index (χ0v) is 6.27. The SMILES string of the molecule is NC(=O)N(N)c1ccccc1O. The second kappa shape index (κ2) is 3.10. The summed E-state index contributed by atoms with van der Waals surface area (Å²) >= 11 is 0. The number of hydrazine groups is 1. The molecule has 0 heterocycles. The number of nitrogens with zero attached hydrogens (tertiary/aromatic N) is 1. The number of hydrogen-bond donors (Lipinski definition) is 3. The number of para-hydroxylation sites is 2. The molecule has 12 heavy (non-hydrogen) atoms. The third-order valence-electron chi connectivity index (χ3n) is 1.38. The Balaban J connectivity index is 3.02. The fourth-order valence-electron chi connectivity index (χ4n) is 0.787. The van der Waals surface area contributed by atoms with Crippen molar-refractivity contribution in [3.63, 3.8) is 0 Å². The summed E-state index contributed by atoms with van der Waals surface area (Å²) in [6.45, 7) is 0. The minimum absolute atomic E-state index is 0.0844. The molecular weight excluding hydrogens is 158 g/mol. The molecule has 0 spiro atoms. The molecule has 0 saturated carbocycles. The van der Waals surface area contributed by atoms with Gasteiger partial charge in [-0.2, -0.15) is 0 Å². The van der Waals surface area contributed by atoms with E-state index >= 15 is 0 Å². The molecule has 0 radical (unpaired) electrons. The van der Waals surface area contributed by atoms with Crippen molar-refractivity contribution in [2.45, 2.75) is 0 Å². The number of hydrogen-bond acceptors (Lipinski definition) is 3. The van der Waals surface area contributed by atoms with Gasteiger partial charge in [-0.25, -0.2) is 15.6 Å². The smallest absolute Gasteiger partial charge is 0.333 e. The average Bonchev–Trinajstić information content (AvgIpc) is 2.04. The van der Waals surface area contributed by atoms with Gasteiger partial charge in [0, 0.05) is 0 Å². The van der Waals surface area contributed by atoms with Gasteiger partial charge in [0.1, 0.15) is 11.4 Å². The van der Waals surface area contributed by atoms with Gasteiger partial charge in [-0.3, -0.25) is 0 Å². The minimum Gasteiger partial charge on any atom is -0.506 e. The predicted molar refractivity (Wildman–Crippen MR) is 44.4 cm³/mol. The van der Waals surface area contributed by atoms with Gasteiger partial charge in [-0.15, -0.1) is 0 Å². The first-order chi connectivity index (χ1) is 5.63. The van der Waals surface area contributed by atoms with Gasteiger partial charge in [0.25, 0.3) is 0 Å². The van der Waals surface area contributed by atoms with Crippen molar-refractivity contribution in [2.24, 2.45) is 11.6 Å². The van der Waals surface area contributed by atoms with E-state index in [2.05, 4.69) is 0 Å². The van der Waals surface area contributed by atoms with Gasteiger partial charge < -0.3 is 10.8 Å². The number of aromatic hydroxyl groups is 1. The topological polar surface area (TPSA) is 92.6 Å². The molecule has 0 aliphatic heterocycles. The van der Waals surface area contributed by atoms with Crippen molar-refractivity contribution in [1.29, 1.82) is 0 Å². The number of phenols is 1. The van der Waals surface area contributed by atoms with Crippen molar-refractivity contribution >= 4 is 11.7 Å². The van der Waals surface area contributed by atoms with Crippen LogP contribution >= 0.6 is 0 Å². The summed E-state index contributed by atoms with van der Waals surface area (Å²) < 4.78 is 0. The van der Waals surface area contributed by atoms with E-state index in [0.717, 1.165) is 0 Å². The van der Waals surface area contributed by atoms with Gasteiger partial charge >= 0.3 is 6.03 Å². The van der Waals surface area contributed by atoms with Crippen LogP contribution in [0.4, 0.5) is 10.5 Å². The zero-order chi connectivity index (χ0) is 9.14. The van der Waals surface area contributed by atoms with E-state index in [1.807, 2.05) is 0 Å². The van der Waals surface area contributed by atoms with Crippen LogP contribution in [0.3, 0.4) is 0 Å². The highest BCUT2D eigenvalue weighted by Crippen LogP contribution is 2.23. The number of amides is 2. The number of carbonyl (C=O) groups is 1. The lowest BCUT2D eigenvalue weighted by Gasteiger charge is -2.14. The van der Waals surface area contributed by atoms with Crippen LogP contribution in [0.2, 0.25) is 0 Å². The number of benzene rings is 1. The molecule has 0 saturated heterocycles. The molecule has 0 bridgehead atoms. The number of urea groups is 1. The van der Waals surface area contributed by atoms with Gasteiger partial charge in [-0.05, 0) is 12.1 Å². The van der Waals surface area contributed by atoms with E-state index in [4.69, 9.17) is 11.6 Å². The molecule has 1 aromatic rings. The molecule has 1 rings (SSSR count). The molecule has 0 atom stereocenters. The normalized spacial score (nSPS) is 9.42. The molecule has 5 N–H and O–H groups in total. The highest BCUT2D eigenvalue weighted by Gasteiger charge is 2.10. The van der Waals surface area contributed by atoms with Crippen LogP contribution in [0.5, 0.6) is 5.75 Å². The number of nitrogens with two attached hydrogens (primary N) is 2. The van der Waals surface area contributed by atoms with Crippen molar-refractivity contribution in [3.05, 3.63) is 24.3 Å². The Hall–Kier alpha value is -1.75. The maximum Gasteiger partial charge on any atom is 0.333 e. The quantitative estimate of drug-likeness (QED) is 0.316. The van der Waals surface area contributed by atoms with Crippen molar-refractivity contribution < 1.29 is 9.90 Å². The Morgan fingerprint density at radius 2 is 2.00 bits per heavy atom. The first kappa shape index (κ1) is 8.35. The number of anilines is 1. The fraction of sp³-hybridized carbons (Fsp3) is 0.